The van der Waals surface area contributed by atoms with Crippen LogP contribution in [0.2, 0.25) is 0 Å². The van der Waals surface area contributed by atoms with Gasteiger partial charge in [-0.2, -0.15) is 4.31 Å². The fraction of sp³-hybridized carbons (Fsp3) is 1.00. The molecule has 2 aliphatic carbocycles. The van der Waals surface area contributed by atoms with Gasteiger partial charge in [0.15, 0.2) is 0 Å². The van der Waals surface area contributed by atoms with Gasteiger partial charge in [0, 0.05) is 19.1 Å². The molecule has 2 N–H and O–H groups in total. The molecule has 0 aromatic carbocycles. The third-order valence-electron chi connectivity index (χ3n) is 5.19. The number of sulfonamides is 1. The summed E-state index contributed by atoms with van der Waals surface area (Å²) in [6.45, 7) is 0.454. The van der Waals surface area contributed by atoms with Crippen LogP contribution in [-0.2, 0) is 10.0 Å². The Labute approximate surface area is 117 Å². The topological polar surface area (TPSA) is 63.4 Å². The third kappa shape index (κ3) is 2.98. The fourth-order valence-electron chi connectivity index (χ4n) is 3.71. The van der Waals surface area contributed by atoms with Crippen molar-refractivity contribution in [2.24, 2.45) is 5.73 Å². The van der Waals surface area contributed by atoms with Gasteiger partial charge in [-0.15, -0.1) is 0 Å². The van der Waals surface area contributed by atoms with Crippen molar-refractivity contribution in [1.82, 2.24) is 4.31 Å². The second-order valence-corrected chi connectivity index (χ2v) is 8.51. The zero-order valence-corrected chi connectivity index (χ0v) is 12.9. The number of hydrogen-bond acceptors (Lipinski definition) is 3. The van der Waals surface area contributed by atoms with E-state index in [1.165, 1.54) is 12.8 Å². The first kappa shape index (κ1) is 15.3. The summed E-state index contributed by atoms with van der Waals surface area (Å²) in [6, 6.07) is 0. The van der Waals surface area contributed by atoms with Crippen LogP contribution in [0.3, 0.4) is 0 Å². The van der Waals surface area contributed by atoms with Crippen LogP contribution in [0.5, 0.6) is 0 Å². The van der Waals surface area contributed by atoms with Crippen molar-refractivity contribution in [2.75, 3.05) is 13.6 Å². The number of rotatable bonds is 4. The average molecular weight is 288 g/mol. The molecular formula is C14H28N2O2S. The van der Waals surface area contributed by atoms with Crippen molar-refractivity contribution in [3.8, 4) is 0 Å². The van der Waals surface area contributed by atoms with Gasteiger partial charge in [0.05, 0.1) is 5.25 Å². The predicted molar refractivity (Wildman–Crippen MR) is 78.4 cm³/mol. The Balaban J connectivity index is 2.17. The zero-order valence-electron chi connectivity index (χ0n) is 12.1. The van der Waals surface area contributed by atoms with E-state index in [0.717, 1.165) is 51.4 Å². The smallest absolute Gasteiger partial charge is 0.217 e. The average Bonchev–Trinajstić information content (AvgIpc) is 2.48. The van der Waals surface area contributed by atoms with Crippen molar-refractivity contribution < 1.29 is 8.42 Å². The third-order valence-corrected chi connectivity index (χ3v) is 7.65. The maximum absolute atomic E-state index is 12.8. The van der Waals surface area contributed by atoms with E-state index in [1.54, 1.807) is 11.4 Å². The largest absolute Gasteiger partial charge is 0.329 e. The Hall–Kier alpha value is -0.130. The van der Waals surface area contributed by atoms with E-state index in [4.69, 9.17) is 5.73 Å². The van der Waals surface area contributed by atoms with Gasteiger partial charge in [0.25, 0.3) is 0 Å². The van der Waals surface area contributed by atoms with E-state index in [9.17, 15) is 8.42 Å². The van der Waals surface area contributed by atoms with Crippen LogP contribution in [0.4, 0.5) is 0 Å². The normalized spacial score (nSPS) is 25.6. The van der Waals surface area contributed by atoms with Gasteiger partial charge >= 0.3 is 0 Å². The molecule has 0 heterocycles. The van der Waals surface area contributed by atoms with Gasteiger partial charge in [-0.1, -0.05) is 38.5 Å². The summed E-state index contributed by atoms with van der Waals surface area (Å²) in [4.78, 5) is 0. The molecule has 0 aromatic heterocycles. The van der Waals surface area contributed by atoms with E-state index in [1.807, 2.05) is 0 Å². The Bertz CT molecular complexity index is 382. The molecule has 2 rings (SSSR count). The first-order chi connectivity index (χ1) is 9.03. The second kappa shape index (κ2) is 6.10. The van der Waals surface area contributed by atoms with Gasteiger partial charge in [-0.25, -0.2) is 8.42 Å². The molecule has 2 saturated carbocycles. The molecule has 0 spiro atoms. The van der Waals surface area contributed by atoms with Gasteiger partial charge < -0.3 is 5.73 Å². The molecule has 0 atom stereocenters. The monoisotopic (exact) mass is 288 g/mol. The van der Waals surface area contributed by atoms with Crippen LogP contribution in [0.25, 0.3) is 0 Å². The van der Waals surface area contributed by atoms with Crippen molar-refractivity contribution in [1.29, 1.82) is 0 Å². The Morgan fingerprint density at radius 1 is 1.05 bits per heavy atom. The summed E-state index contributed by atoms with van der Waals surface area (Å²) in [6.07, 6.45) is 10.2. The molecule has 0 aromatic rings. The number of likely N-dealkylation sites (N-methyl/N-ethyl adjacent to an activating group) is 1. The summed E-state index contributed by atoms with van der Waals surface area (Å²) in [5, 5.41) is -0.170. The van der Waals surface area contributed by atoms with Crippen LogP contribution in [0.15, 0.2) is 0 Å². The highest BCUT2D eigenvalue weighted by Crippen LogP contribution is 2.36. The molecule has 0 bridgehead atoms. The van der Waals surface area contributed by atoms with Gasteiger partial charge in [-0.05, 0) is 25.7 Å². The lowest BCUT2D eigenvalue weighted by Gasteiger charge is -2.44. The second-order valence-electron chi connectivity index (χ2n) is 6.26. The van der Waals surface area contributed by atoms with Crippen LogP contribution in [-0.4, -0.2) is 37.1 Å². The SMILES string of the molecule is CN(C1(CN)CCCCC1)S(=O)(=O)C1CCCCC1. The van der Waals surface area contributed by atoms with Crippen molar-refractivity contribution in [3.63, 3.8) is 0 Å². The van der Waals surface area contributed by atoms with Crippen molar-refractivity contribution >= 4 is 10.0 Å². The molecule has 4 nitrogen and oxygen atoms in total. The summed E-state index contributed by atoms with van der Waals surface area (Å²) in [5.74, 6) is 0. The highest BCUT2D eigenvalue weighted by atomic mass is 32.2. The predicted octanol–water partition coefficient (Wildman–Crippen LogP) is 2.24. The van der Waals surface area contributed by atoms with E-state index in [-0.39, 0.29) is 10.8 Å². The number of nitrogens with two attached hydrogens (primary N) is 1. The van der Waals surface area contributed by atoms with Crippen molar-refractivity contribution in [3.05, 3.63) is 0 Å². The summed E-state index contributed by atoms with van der Waals surface area (Å²) < 4.78 is 27.3. The van der Waals surface area contributed by atoms with E-state index >= 15 is 0 Å². The molecule has 112 valence electrons. The quantitative estimate of drug-likeness (QED) is 0.863. The standard InChI is InChI=1S/C14H28N2O2S/c1-16(14(12-15)10-6-3-7-11-14)19(17,18)13-8-4-2-5-9-13/h13H,2-12,15H2,1H3. The lowest BCUT2D eigenvalue weighted by molar-refractivity contribution is 0.157. The van der Waals surface area contributed by atoms with Crippen LogP contribution >= 0.6 is 0 Å². The highest BCUT2D eigenvalue weighted by molar-refractivity contribution is 7.89. The summed E-state index contributed by atoms with van der Waals surface area (Å²) in [5.41, 5.74) is 5.65. The van der Waals surface area contributed by atoms with Crippen LogP contribution < -0.4 is 5.73 Å². The summed E-state index contributed by atoms with van der Waals surface area (Å²) >= 11 is 0. The molecule has 0 radical (unpaired) electrons. The molecule has 5 heteroatoms. The van der Waals surface area contributed by atoms with Crippen LogP contribution in [0, 0.1) is 0 Å². The molecule has 0 aliphatic heterocycles. The van der Waals surface area contributed by atoms with E-state index < -0.39 is 10.0 Å². The number of nitrogens with zero attached hydrogens (tertiary/aromatic N) is 1. The lowest BCUT2D eigenvalue weighted by atomic mass is 9.82. The maximum atomic E-state index is 12.8. The first-order valence-corrected chi connectivity index (χ1v) is 9.21. The Morgan fingerprint density at radius 3 is 2.11 bits per heavy atom. The molecule has 19 heavy (non-hydrogen) atoms. The zero-order chi connectivity index (χ0) is 13.9. The Kier molecular flexibility index (Phi) is 4.90. The van der Waals surface area contributed by atoms with E-state index in [0.29, 0.717) is 6.54 Å². The minimum absolute atomic E-state index is 0.170. The fourth-order valence-corrected chi connectivity index (χ4v) is 5.89. The minimum atomic E-state index is -3.18. The maximum Gasteiger partial charge on any atom is 0.217 e. The molecule has 0 unspecified atom stereocenters. The number of hydrogen-bond donors (Lipinski definition) is 1. The van der Waals surface area contributed by atoms with E-state index in [2.05, 4.69) is 0 Å². The molecule has 0 amide bonds. The Morgan fingerprint density at radius 2 is 1.58 bits per heavy atom. The van der Waals surface area contributed by atoms with Crippen molar-refractivity contribution in [2.45, 2.75) is 75.0 Å². The minimum Gasteiger partial charge on any atom is -0.329 e. The molecule has 2 aliphatic rings. The van der Waals surface area contributed by atoms with Crippen LogP contribution in [0.1, 0.15) is 64.2 Å². The molecule has 2 fully saturated rings. The molecule has 0 saturated heterocycles. The highest BCUT2D eigenvalue weighted by Gasteiger charge is 2.43. The van der Waals surface area contributed by atoms with Gasteiger partial charge in [0.1, 0.15) is 0 Å². The first-order valence-electron chi connectivity index (χ1n) is 7.71. The summed E-state index contributed by atoms with van der Waals surface area (Å²) in [7, 11) is -1.41. The lowest BCUT2D eigenvalue weighted by Crippen LogP contribution is -2.57. The van der Waals surface area contributed by atoms with Gasteiger partial charge in [0.2, 0.25) is 10.0 Å². The molecular weight excluding hydrogens is 260 g/mol. The van der Waals surface area contributed by atoms with Gasteiger partial charge in [-0.3, -0.25) is 0 Å².